The molecule has 5 nitrogen and oxygen atoms in total. The van der Waals surface area contributed by atoms with Gasteiger partial charge in [0.15, 0.2) is 0 Å². The first-order valence-electron chi connectivity index (χ1n) is 9.47. The molecule has 0 bridgehead atoms. The summed E-state index contributed by atoms with van der Waals surface area (Å²) in [5, 5.41) is 3.87. The van der Waals surface area contributed by atoms with Gasteiger partial charge in [-0.15, -0.1) is 0 Å². The highest BCUT2D eigenvalue weighted by Gasteiger charge is 2.20. The Kier molecular flexibility index (Phi) is 5.39. The Bertz CT molecular complexity index is 923. The van der Waals surface area contributed by atoms with Crippen LogP contribution in [-0.2, 0) is 4.74 Å². The molecule has 0 spiro atoms. The summed E-state index contributed by atoms with van der Waals surface area (Å²) in [5.41, 5.74) is 3.08. The van der Waals surface area contributed by atoms with Crippen molar-refractivity contribution < 1.29 is 9.53 Å². The highest BCUT2D eigenvalue weighted by Crippen LogP contribution is 2.28. The summed E-state index contributed by atoms with van der Waals surface area (Å²) in [6, 6.07) is 13.4. The molecule has 3 aromatic rings. The fourth-order valence-electron chi connectivity index (χ4n) is 3.03. The Morgan fingerprint density at radius 2 is 2.07 bits per heavy atom. The summed E-state index contributed by atoms with van der Waals surface area (Å²) in [6.07, 6.45) is 6.90. The third-order valence-electron chi connectivity index (χ3n) is 4.72. The van der Waals surface area contributed by atoms with Crippen molar-refractivity contribution in [3.05, 3.63) is 60.4 Å². The summed E-state index contributed by atoms with van der Waals surface area (Å²) >= 11 is 0. The normalized spacial score (nSPS) is 13.6. The molecule has 1 amide bonds. The Morgan fingerprint density at radius 3 is 2.89 bits per heavy atom. The van der Waals surface area contributed by atoms with E-state index in [4.69, 9.17) is 9.72 Å². The number of benzene rings is 1. The van der Waals surface area contributed by atoms with Gasteiger partial charge in [-0.05, 0) is 49.4 Å². The van der Waals surface area contributed by atoms with E-state index in [9.17, 15) is 4.79 Å². The summed E-state index contributed by atoms with van der Waals surface area (Å²) in [4.78, 5) is 21.6. The largest absolute Gasteiger partial charge is 0.381 e. The first-order valence-corrected chi connectivity index (χ1v) is 9.47. The topological polar surface area (TPSA) is 64.1 Å². The number of carbonyl (C=O) groups excluding carboxylic acids is 1. The van der Waals surface area contributed by atoms with Crippen LogP contribution in [0.2, 0.25) is 0 Å². The number of carbonyl (C=O) groups is 1. The summed E-state index contributed by atoms with van der Waals surface area (Å²) < 4.78 is 5.62. The SMILES string of the molecule is O=C(NCCCOCC1CC1)c1cc(-c2cccnc2)nc2ccccc12. The minimum absolute atomic E-state index is 0.0825. The Balaban J connectivity index is 1.48. The zero-order valence-corrected chi connectivity index (χ0v) is 15.2. The van der Waals surface area contributed by atoms with E-state index < -0.39 is 0 Å². The molecule has 0 aliphatic heterocycles. The van der Waals surface area contributed by atoms with Gasteiger partial charge in [0.25, 0.3) is 5.91 Å². The van der Waals surface area contributed by atoms with Gasteiger partial charge >= 0.3 is 0 Å². The van der Waals surface area contributed by atoms with Gasteiger partial charge in [-0.2, -0.15) is 0 Å². The highest BCUT2D eigenvalue weighted by atomic mass is 16.5. The molecule has 1 aliphatic rings. The fraction of sp³-hybridized carbons (Fsp3) is 0.318. The Morgan fingerprint density at radius 1 is 1.19 bits per heavy atom. The lowest BCUT2D eigenvalue weighted by Gasteiger charge is -2.11. The van der Waals surface area contributed by atoms with Crippen molar-refractivity contribution in [1.29, 1.82) is 0 Å². The number of amides is 1. The molecular formula is C22H23N3O2. The third kappa shape index (κ3) is 4.49. The molecule has 0 saturated heterocycles. The van der Waals surface area contributed by atoms with Crippen molar-refractivity contribution in [2.24, 2.45) is 5.92 Å². The molecule has 1 fully saturated rings. The van der Waals surface area contributed by atoms with Crippen molar-refractivity contribution in [2.45, 2.75) is 19.3 Å². The van der Waals surface area contributed by atoms with Gasteiger partial charge in [-0.25, -0.2) is 4.98 Å². The second-order valence-corrected chi connectivity index (χ2v) is 6.94. The number of nitrogens with one attached hydrogen (secondary N) is 1. The number of ether oxygens (including phenoxy) is 1. The maximum Gasteiger partial charge on any atom is 0.252 e. The van der Waals surface area contributed by atoms with Crippen molar-refractivity contribution in [1.82, 2.24) is 15.3 Å². The molecule has 1 aliphatic carbocycles. The van der Waals surface area contributed by atoms with E-state index in [-0.39, 0.29) is 5.91 Å². The molecule has 4 rings (SSSR count). The lowest BCUT2D eigenvalue weighted by Crippen LogP contribution is -2.25. The van der Waals surface area contributed by atoms with E-state index in [1.807, 2.05) is 42.5 Å². The number of nitrogens with zero attached hydrogens (tertiary/aromatic N) is 2. The zero-order valence-electron chi connectivity index (χ0n) is 15.2. The van der Waals surface area contributed by atoms with Crippen LogP contribution in [0.15, 0.2) is 54.9 Å². The van der Waals surface area contributed by atoms with Crippen LogP contribution < -0.4 is 5.32 Å². The molecule has 2 aromatic heterocycles. The van der Waals surface area contributed by atoms with Gasteiger partial charge in [0, 0.05) is 43.1 Å². The number of rotatable bonds is 8. The number of hydrogen-bond acceptors (Lipinski definition) is 4. The van der Waals surface area contributed by atoms with Crippen LogP contribution in [0.25, 0.3) is 22.2 Å². The van der Waals surface area contributed by atoms with Gasteiger partial charge in [0.1, 0.15) is 0 Å². The first-order chi connectivity index (χ1) is 13.3. The summed E-state index contributed by atoms with van der Waals surface area (Å²) in [5.74, 6) is 0.689. The van der Waals surface area contributed by atoms with Crippen LogP contribution in [-0.4, -0.2) is 35.6 Å². The lowest BCUT2D eigenvalue weighted by atomic mass is 10.0. The van der Waals surface area contributed by atoms with Crippen LogP contribution in [0.4, 0.5) is 0 Å². The lowest BCUT2D eigenvalue weighted by molar-refractivity contribution is 0.0939. The summed E-state index contributed by atoms with van der Waals surface area (Å²) in [7, 11) is 0. The maximum atomic E-state index is 12.8. The smallest absolute Gasteiger partial charge is 0.252 e. The fourth-order valence-corrected chi connectivity index (χ4v) is 3.03. The second kappa shape index (κ2) is 8.27. The number of aromatic nitrogens is 2. The monoisotopic (exact) mass is 361 g/mol. The highest BCUT2D eigenvalue weighted by molar-refractivity contribution is 6.07. The average molecular weight is 361 g/mol. The second-order valence-electron chi connectivity index (χ2n) is 6.94. The minimum Gasteiger partial charge on any atom is -0.381 e. The predicted octanol–water partition coefficient (Wildman–Crippen LogP) is 3.84. The quantitative estimate of drug-likeness (QED) is 0.619. The van der Waals surface area contributed by atoms with E-state index in [0.29, 0.717) is 18.7 Å². The zero-order chi connectivity index (χ0) is 18.5. The predicted molar refractivity (Wildman–Crippen MR) is 105 cm³/mol. The molecule has 1 saturated carbocycles. The standard InChI is InChI=1S/C22H23N3O2/c26-22(24-11-4-12-27-15-16-8-9-16)19-13-21(17-5-3-10-23-14-17)25-20-7-2-1-6-18(19)20/h1-3,5-7,10,13-14,16H,4,8-9,11-12,15H2,(H,24,26). The van der Waals surface area contributed by atoms with E-state index in [0.717, 1.165) is 41.1 Å². The van der Waals surface area contributed by atoms with Crippen LogP contribution in [0.5, 0.6) is 0 Å². The van der Waals surface area contributed by atoms with Crippen molar-refractivity contribution >= 4 is 16.8 Å². The average Bonchev–Trinajstić information content (AvgIpc) is 3.54. The van der Waals surface area contributed by atoms with Crippen LogP contribution in [0.1, 0.15) is 29.6 Å². The molecule has 2 heterocycles. The van der Waals surface area contributed by atoms with Crippen LogP contribution in [0.3, 0.4) is 0 Å². The van der Waals surface area contributed by atoms with Gasteiger partial charge < -0.3 is 10.1 Å². The van der Waals surface area contributed by atoms with Gasteiger partial charge in [0.05, 0.1) is 16.8 Å². The third-order valence-corrected chi connectivity index (χ3v) is 4.72. The summed E-state index contributed by atoms with van der Waals surface area (Å²) in [6.45, 7) is 2.15. The number of pyridine rings is 2. The number of fused-ring (bicyclic) bond motifs is 1. The van der Waals surface area contributed by atoms with Crippen molar-refractivity contribution in [3.8, 4) is 11.3 Å². The van der Waals surface area contributed by atoms with Gasteiger partial charge in [0.2, 0.25) is 0 Å². The Labute approximate surface area is 158 Å². The van der Waals surface area contributed by atoms with Crippen molar-refractivity contribution in [3.63, 3.8) is 0 Å². The van der Waals surface area contributed by atoms with E-state index in [1.54, 1.807) is 12.4 Å². The molecule has 1 aromatic carbocycles. The van der Waals surface area contributed by atoms with Gasteiger partial charge in [-0.3, -0.25) is 9.78 Å². The Hall–Kier alpha value is -2.79. The molecule has 5 heteroatoms. The van der Waals surface area contributed by atoms with Gasteiger partial charge in [-0.1, -0.05) is 18.2 Å². The molecule has 1 N–H and O–H groups in total. The molecular weight excluding hydrogens is 338 g/mol. The van der Waals surface area contributed by atoms with Crippen LogP contribution in [0, 0.1) is 5.92 Å². The molecule has 27 heavy (non-hydrogen) atoms. The van der Waals surface area contributed by atoms with Crippen LogP contribution >= 0.6 is 0 Å². The van der Waals surface area contributed by atoms with E-state index in [1.165, 1.54) is 12.8 Å². The molecule has 0 unspecified atom stereocenters. The first kappa shape index (κ1) is 17.6. The van der Waals surface area contributed by atoms with E-state index in [2.05, 4.69) is 10.3 Å². The number of para-hydroxylation sites is 1. The minimum atomic E-state index is -0.0825. The molecule has 0 atom stereocenters. The van der Waals surface area contributed by atoms with Crippen molar-refractivity contribution in [2.75, 3.05) is 19.8 Å². The number of hydrogen-bond donors (Lipinski definition) is 1. The molecule has 0 radical (unpaired) electrons. The molecule has 138 valence electrons. The van der Waals surface area contributed by atoms with E-state index >= 15 is 0 Å². The maximum absolute atomic E-state index is 12.8.